The van der Waals surface area contributed by atoms with Gasteiger partial charge in [-0.1, -0.05) is 62.7 Å². The van der Waals surface area contributed by atoms with Gasteiger partial charge in [0.1, 0.15) is 0 Å². The Morgan fingerprint density at radius 3 is 2.06 bits per heavy atom. The number of hydrogen-bond acceptors (Lipinski definition) is 3. The number of carbonyl (C=O) groups excluding carboxylic acids is 1. The van der Waals surface area contributed by atoms with Gasteiger partial charge in [0.25, 0.3) is 0 Å². The molecule has 0 aromatic heterocycles. The largest absolute Gasteiger partial charge is 0.349 e. The van der Waals surface area contributed by atoms with E-state index in [1.165, 1.54) is 9.87 Å². The second kappa shape index (κ2) is 9.13. The van der Waals surface area contributed by atoms with Crippen LogP contribution in [0.3, 0.4) is 0 Å². The van der Waals surface area contributed by atoms with Crippen molar-refractivity contribution in [2.75, 3.05) is 13.1 Å². The maximum atomic E-state index is 12.9. The van der Waals surface area contributed by atoms with Crippen LogP contribution < -0.4 is 5.32 Å². The first-order chi connectivity index (χ1) is 14.5. The van der Waals surface area contributed by atoms with Gasteiger partial charge < -0.3 is 5.32 Å². The highest BCUT2D eigenvalue weighted by Crippen LogP contribution is 2.26. The van der Waals surface area contributed by atoms with Crippen molar-refractivity contribution in [3.05, 3.63) is 65.2 Å². The van der Waals surface area contributed by atoms with E-state index >= 15 is 0 Å². The predicted octanol–water partition coefficient (Wildman–Crippen LogP) is 4.57. The van der Waals surface area contributed by atoms with Gasteiger partial charge in [-0.05, 0) is 55.4 Å². The molecule has 5 nitrogen and oxygen atoms in total. The standard InChI is InChI=1S/C25H34N2O3S/c1-18-6-12-23(13-7-18)31(29,30)27-16-14-21(15-17-27)24(28)26-19(2)20-8-10-22(11-9-20)25(3,4)5/h6-13,19,21H,14-17H2,1-5H3,(H,26,28)/t19-/m1/s1. The SMILES string of the molecule is Cc1ccc(S(=O)(=O)N2CCC(C(=O)N[C@H](C)c3ccc(C(C)(C)C)cc3)CC2)cc1. The topological polar surface area (TPSA) is 66.5 Å². The van der Waals surface area contributed by atoms with E-state index in [1.54, 1.807) is 12.1 Å². The highest BCUT2D eigenvalue weighted by molar-refractivity contribution is 7.89. The second-order valence-electron chi connectivity index (χ2n) is 9.59. The van der Waals surface area contributed by atoms with Crippen LogP contribution in [-0.2, 0) is 20.2 Å². The van der Waals surface area contributed by atoms with E-state index in [0.717, 1.165) is 11.1 Å². The molecule has 2 aromatic carbocycles. The third kappa shape index (κ3) is 5.55. The first kappa shape index (κ1) is 23.5. The van der Waals surface area contributed by atoms with Crippen LogP contribution in [0.4, 0.5) is 0 Å². The Morgan fingerprint density at radius 2 is 1.55 bits per heavy atom. The summed E-state index contributed by atoms with van der Waals surface area (Å²) in [4.78, 5) is 13.1. The van der Waals surface area contributed by atoms with Crippen molar-refractivity contribution in [2.24, 2.45) is 5.92 Å². The number of rotatable bonds is 5. The zero-order valence-corrected chi connectivity index (χ0v) is 20.0. The minimum Gasteiger partial charge on any atom is -0.349 e. The van der Waals surface area contributed by atoms with E-state index in [9.17, 15) is 13.2 Å². The van der Waals surface area contributed by atoms with Crippen LogP contribution >= 0.6 is 0 Å². The van der Waals surface area contributed by atoms with Crippen molar-refractivity contribution in [1.29, 1.82) is 0 Å². The molecule has 0 unspecified atom stereocenters. The van der Waals surface area contributed by atoms with Crippen LogP contribution in [0.5, 0.6) is 0 Å². The monoisotopic (exact) mass is 442 g/mol. The van der Waals surface area contributed by atoms with Gasteiger partial charge in [-0.3, -0.25) is 4.79 Å². The molecule has 1 N–H and O–H groups in total. The Kier molecular flexibility index (Phi) is 6.92. The van der Waals surface area contributed by atoms with Gasteiger partial charge >= 0.3 is 0 Å². The number of carbonyl (C=O) groups is 1. The molecule has 1 amide bonds. The van der Waals surface area contributed by atoms with E-state index in [0.29, 0.717) is 30.8 Å². The van der Waals surface area contributed by atoms with E-state index in [-0.39, 0.29) is 23.3 Å². The number of piperidine rings is 1. The van der Waals surface area contributed by atoms with Gasteiger partial charge in [0.2, 0.25) is 15.9 Å². The number of hydrogen-bond donors (Lipinski definition) is 1. The molecular formula is C25H34N2O3S. The van der Waals surface area contributed by atoms with E-state index < -0.39 is 10.0 Å². The normalized spacial score (nSPS) is 17.3. The molecule has 0 saturated carbocycles. The third-order valence-electron chi connectivity index (χ3n) is 6.12. The molecule has 1 fully saturated rings. The third-order valence-corrected chi connectivity index (χ3v) is 8.03. The summed E-state index contributed by atoms with van der Waals surface area (Å²) in [7, 11) is -3.51. The van der Waals surface area contributed by atoms with E-state index in [4.69, 9.17) is 0 Å². The van der Waals surface area contributed by atoms with E-state index in [2.05, 4.69) is 50.4 Å². The molecule has 0 bridgehead atoms. The molecule has 0 spiro atoms. The molecular weight excluding hydrogens is 408 g/mol. The fourth-order valence-electron chi connectivity index (χ4n) is 3.90. The number of amides is 1. The summed E-state index contributed by atoms with van der Waals surface area (Å²) < 4.78 is 27.2. The summed E-state index contributed by atoms with van der Waals surface area (Å²) in [5.74, 6) is -0.166. The van der Waals surface area contributed by atoms with Crippen LogP contribution in [0.15, 0.2) is 53.4 Å². The Hall–Kier alpha value is -2.18. The van der Waals surface area contributed by atoms with Crippen LogP contribution in [0.2, 0.25) is 0 Å². The Labute approximate surface area is 186 Å². The summed E-state index contributed by atoms with van der Waals surface area (Å²) in [6.07, 6.45) is 1.07. The summed E-state index contributed by atoms with van der Waals surface area (Å²) in [5, 5.41) is 3.11. The van der Waals surface area contributed by atoms with Crippen molar-refractivity contribution in [2.45, 2.75) is 63.8 Å². The van der Waals surface area contributed by atoms with Crippen LogP contribution in [0.1, 0.15) is 63.3 Å². The molecule has 2 aromatic rings. The molecule has 6 heteroatoms. The van der Waals surface area contributed by atoms with Crippen molar-refractivity contribution in [1.82, 2.24) is 9.62 Å². The Bertz CT molecular complexity index is 998. The van der Waals surface area contributed by atoms with Crippen molar-refractivity contribution in [3.8, 4) is 0 Å². The lowest BCUT2D eigenvalue weighted by Gasteiger charge is -2.31. The molecule has 0 radical (unpaired) electrons. The lowest BCUT2D eigenvalue weighted by atomic mass is 9.86. The minimum atomic E-state index is -3.51. The maximum absolute atomic E-state index is 12.9. The van der Waals surface area contributed by atoms with Gasteiger partial charge in [0.05, 0.1) is 10.9 Å². The molecule has 31 heavy (non-hydrogen) atoms. The van der Waals surface area contributed by atoms with Gasteiger partial charge in [-0.25, -0.2) is 8.42 Å². The minimum absolute atomic E-state index is 0.000202. The lowest BCUT2D eigenvalue weighted by molar-refractivity contribution is -0.126. The molecule has 1 heterocycles. The van der Waals surface area contributed by atoms with Crippen LogP contribution in [-0.4, -0.2) is 31.7 Å². The second-order valence-corrected chi connectivity index (χ2v) is 11.5. The van der Waals surface area contributed by atoms with Gasteiger partial charge in [0, 0.05) is 19.0 Å². The lowest BCUT2D eigenvalue weighted by Crippen LogP contribution is -2.43. The molecule has 1 atom stereocenters. The Balaban J connectivity index is 1.57. The summed E-state index contributed by atoms with van der Waals surface area (Å²) >= 11 is 0. The van der Waals surface area contributed by atoms with Gasteiger partial charge in [0.15, 0.2) is 0 Å². The molecule has 1 saturated heterocycles. The molecule has 3 rings (SSSR count). The van der Waals surface area contributed by atoms with Crippen LogP contribution in [0, 0.1) is 12.8 Å². The molecule has 168 valence electrons. The first-order valence-corrected chi connectivity index (χ1v) is 12.4. The van der Waals surface area contributed by atoms with Gasteiger partial charge in [-0.15, -0.1) is 0 Å². The predicted molar refractivity (Wildman–Crippen MR) is 124 cm³/mol. The van der Waals surface area contributed by atoms with Crippen LogP contribution in [0.25, 0.3) is 0 Å². The fourth-order valence-corrected chi connectivity index (χ4v) is 5.37. The smallest absolute Gasteiger partial charge is 0.243 e. The number of nitrogens with zero attached hydrogens (tertiary/aromatic N) is 1. The van der Waals surface area contributed by atoms with Gasteiger partial charge in [-0.2, -0.15) is 4.31 Å². The first-order valence-electron chi connectivity index (χ1n) is 11.0. The maximum Gasteiger partial charge on any atom is 0.243 e. The summed E-state index contributed by atoms with van der Waals surface area (Å²) in [5.41, 5.74) is 3.45. The number of nitrogens with one attached hydrogen (secondary N) is 1. The summed E-state index contributed by atoms with van der Waals surface area (Å²) in [6.45, 7) is 11.2. The number of sulfonamides is 1. The zero-order valence-electron chi connectivity index (χ0n) is 19.2. The Morgan fingerprint density at radius 1 is 1.00 bits per heavy atom. The average Bonchev–Trinajstić information content (AvgIpc) is 2.73. The average molecular weight is 443 g/mol. The molecule has 1 aliphatic heterocycles. The number of aryl methyl sites for hydroxylation is 1. The zero-order chi connectivity index (χ0) is 22.8. The van der Waals surface area contributed by atoms with Crippen molar-refractivity contribution >= 4 is 15.9 Å². The summed E-state index contributed by atoms with van der Waals surface area (Å²) in [6, 6.07) is 15.2. The fraction of sp³-hybridized carbons (Fsp3) is 0.480. The number of benzene rings is 2. The van der Waals surface area contributed by atoms with E-state index in [1.807, 2.05) is 26.0 Å². The highest BCUT2D eigenvalue weighted by atomic mass is 32.2. The van der Waals surface area contributed by atoms with Crippen molar-refractivity contribution in [3.63, 3.8) is 0 Å². The quantitative estimate of drug-likeness (QED) is 0.738. The highest BCUT2D eigenvalue weighted by Gasteiger charge is 2.32. The molecule has 1 aliphatic rings. The molecule has 0 aliphatic carbocycles. The van der Waals surface area contributed by atoms with Crippen molar-refractivity contribution < 1.29 is 13.2 Å².